The van der Waals surface area contributed by atoms with E-state index in [1.54, 1.807) is 0 Å². The van der Waals surface area contributed by atoms with Gasteiger partial charge in [0.1, 0.15) is 17.2 Å². The van der Waals surface area contributed by atoms with Gasteiger partial charge in [-0.2, -0.15) is 0 Å². The third-order valence-electron chi connectivity index (χ3n) is 7.32. The number of aryl methyl sites for hydroxylation is 1. The molecule has 2 aliphatic rings. The van der Waals surface area contributed by atoms with Crippen molar-refractivity contribution in [3.63, 3.8) is 0 Å². The summed E-state index contributed by atoms with van der Waals surface area (Å²) < 4.78 is 7.73. The minimum absolute atomic E-state index is 0.0321. The lowest BCUT2D eigenvalue weighted by atomic mass is 9.95. The van der Waals surface area contributed by atoms with E-state index in [-0.39, 0.29) is 6.04 Å². The molecule has 8 heteroatoms. The van der Waals surface area contributed by atoms with Crippen molar-refractivity contribution in [3.8, 4) is 0 Å². The van der Waals surface area contributed by atoms with Crippen LogP contribution in [-0.2, 0) is 4.74 Å². The Labute approximate surface area is 209 Å². The van der Waals surface area contributed by atoms with Gasteiger partial charge in [-0.1, -0.05) is 26.0 Å². The molecule has 3 N–H and O–H groups in total. The minimum atomic E-state index is -0.522. The second-order valence-electron chi connectivity index (χ2n) is 11.5. The highest BCUT2D eigenvalue weighted by atomic mass is 16.6. The first kappa shape index (κ1) is 25.6. The van der Waals surface area contributed by atoms with Crippen molar-refractivity contribution in [2.75, 3.05) is 11.9 Å². The van der Waals surface area contributed by atoms with Gasteiger partial charge in [0.2, 0.25) is 0 Å². The molecule has 2 saturated heterocycles. The zero-order valence-corrected chi connectivity index (χ0v) is 22.1. The lowest BCUT2D eigenvalue weighted by Crippen LogP contribution is -2.44. The summed E-state index contributed by atoms with van der Waals surface area (Å²) in [5.41, 5.74) is 7.85. The van der Waals surface area contributed by atoms with Gasteiger partial charge in [-0.3, -0.25) is 10.2 Å². The van der Waals surface area contributed by atoms with Crippen molar-refractivity contribution in [2.24, 2.45) is 5.73 Å². The molecule has 2 bridgehead atoms. The number of benzene rings is 1. The molecule has 4 rings (SSSR count). The van der Waals surface area contributed by atoms with Gasteiger partial charge in [0.15, 0.2) is 0 Å². The summed E-state index contributed by atoms with van der Waals surface area (Å²) in [5, 5.41) is 11.6. The number of nitrogens with zero attached hydrogens (tertiary/aromatic N) is 4. The number of piperidine rings is 1. The van der Waals surface area contributed by atoms with E-state index >= 15 is 0 Å². The van der Waals surface area contributed by atoms with Gasteiger partial charge >= 0.3 is 6.09 Å². The topological polar surface area (TPSA) is 98.3 Å². The Morgan fingerprint density at radius 1 is 1.11 bits per heavy atom. The van der Waals surface area contributed by atoms with Crippen molar-refractivity contribution < 1.29 is 9.53 Å². The summed E-state index contributed by atoms with van der Waals surface area (Å²) in [6, 6.07) is 9.46. The first-order chi connectivity index (χ1) is 16.5. The predicted molar refractivity (Wildman–Crippen MR) is 138 cm³/mol. The molecule has 35 heavy (non-hydrogen) atoms. The van der Waals surface area contributed by atoms with Gasteiger partial charge in [0, 0.05) is 42.3 Å². The van der Waals surface area contributed by atoms with E-state index in [1.165, 1.54) is 12.8 Å². The van der Waals surface area contributed by atoms with Crippen LogP contribution in [0.1, 0.15) is 102 Å². The molecule has 0 aliphatic carbocycles. The second-order valence-corrected chi connectivity index (χ2v) is 11.5. The summed E-state index contributed by atoms with van der Waals surface area (Å²) in [7, 11) is 0. The molecule has 2 aliphatic heterocycles. The first-order valence-electron chi connectivity index (χ1n) is 13.0. The van der Waals surface area contributed by atoms with E-state index in [0.29, 0.717) is 29.7 Å². The Hall–Kier alpha value is -2.45. The number of nitrogens with one attached hydrogen (secondary N) is 1. The molecule has 2 fully saturated rings. The Balaban J connectivity index is 1.31. The molecular weight excluding hydrogens is 440 g/mol. The third kappa shape index (κ3) is 6.04. The van der Waals surface area contributed by atoms with Crippen molar-refractivity contribution >= 4 is 11.8 Å². The highest BCUT2D eigenvalue weighted by Gasteiger charge is 2.42. The molecule has 1 amide bonds. The fourth-order valence-corrected chi connectivity index (χ4v) is 5.74. The number of aromatic nitrogens is 3. The summed E-state index contributed by atoms with van der Waals surface area (Å²) in [5.74, 6) is 2.54. The average molecular weight is 483 g/mol. The van der Waals surface area contributed by atoms with Crippen LogP contribution in [0.2, 0.25) is 0 Å². The van der Waals surface area contributed by atoms with Crippen molar-refractivity contribution in [3.05, 3.63) is 41.5 Å². The number of anilines is 1. The maximum atomic E-state index is 12.0. The van der Waals surface area contributed by atoms with Gasteiger partial charge in [-0.15, -0.1) is 10.2 Å². The molecular formula is C27H42N6O2. The van der Waals surface area contributed by atoms with E-state index in [1.807, 2.05) is 45.0 Å². The van der Waals surface area contributed by atoms with Gasteiger partial charge < -0.3 is 15.0 Å². The quantitative estimate of drug-likeness (QED) is 0.555. The number of nitrogens with two attached hydrogens (primary N) is 1. The molecule has 1 aromatic carbocycles. The van der Waals surface area contributed by atoms with E-state index in [2.05, 4.69) is 45.8 Å². The number of ether oxygens (including phenoxy) is 1. The molecule has 3 heterocycles. The molecule has 0 spiro atoms. The number of hydrogen-bond donors (Lipinski definition) is 2. The lowest BCUT2D eigenvalue weighted by molar-refractivity contribution is 0.0636. The Morgan fingerprint density at radius 3 is 2.31 bits per heavy atom. The highest BCUT2D eigenvalue weighted by Crippen LogP contribution is 2.42. The molecule has 0 radical (unpaired) electrons. The summed E-state index contributed by atoms with van der Waals surface area (Å²) in [4.78, 5) is 14.7. The molecule has 0 saturated carbocycles. The van der Waals surface area contributed by atoms with Crippen LogP contribution in [0, 0.1) is 6.92 Å². The Kier molecular flexibility index (Phi) is 7.52. The van der Waals surface area contributed by atoms with Crippen LogP contribution in [-0.4, -0.2) is 50.0 Å². The standard InChI is InChI=1S/C27H42N6O2/c1-17(2)25-31-30-18(3)33(25)23-15-21-11-12-22(16-23)32(21)14-13-24(28)19-7-9-20(10-8-19)29-26(34)35-27(4,5)6/h7-10,17,21-24H,11-16,28H2,1-6H3,(H,29,34). The van der Waals surface area contributed by atoms with Crippen LogP contribution >= 0.6 is 0 Å². The fourth-order valence-electron chi connectivity index (χ4n) is 5.74. The monoisotopic (exact) mass is 482 g/mol. The predicted octanol–water partition coefficient (Wildman–Crippen LogP) is 5.31. The zero-order chi connectivity index (χ0) is 25.3. The number of rotatable bonds is 7. The number of fused-ring (bicyclic) bond motifs is 2. The number of carbonyl (C=O) groups excluding carboxylic acids is 1. The maximum absolute atomic E-state index is 12.0. The highest BCUT2D eigenvalue weighted by molar-refractivity contribution is 5.84. The van der Waals surface area contributed by atoms with Crippen LogP contribution in [0.4, 0.5) is 10.5 Å². The van der Waals surface area contributed by atoms with Crippen molar-refractivity contribution in [1.29, 1.82) is 0 Å². The van der Waals surface area contributed by atoms with Gasteiger partial charge in [0.05, 0.1) is 0 Å². The summed E-state index contributed by atoms with van der Waals surface area (Å²) in [6.45, 7) is 13.0. The smallest absolute Gasteiger partial charge is 0.412 e. The Bertz CT molecular complexity index is 996. The van der Waals surface area contributed by atoms with Crippen LogP contribution in [0.5, 0.6) is 0 Å². The largest absolute Gasteiger partial charge is 0.444 e. The van der Waals surface area contributed by atoms with Crippen LogP contribution in [0.25, 0.3) is 0 Å². The van der Waals surface area contributed by atoms with Gasteiger partial charge in [-0.25, -0.2) is 4.79 Å². The second kappa shape index (κ2) is 10.3. The van der Waals surface area contributed by atoms with Gasteiger partial charge in [-0.05, 0) is 77.5 Å². The molecule has 8 nitrogen and oxygen atoms in total. The average Bonchev–Trinajstić information content (AvgIpc) is 3.27. The van der Waals surface area contributed by atoms with E-state index in [4.69, 9.17) is 10.5 Å². The summed E-state index contributed by atoms with van der Waals surface area (Å²) in [6.07, 6.45) is 5.32. The molecule has 2 aromatic rings. The minimum Gasteiger partial charge on any atom is -0.444 e. The molecule has 1 aromatic heterocycles. The van der Waals surface area contributed by atoms with Crippen LogP contribution < -0.4 is 11.1 Å². The van der Waals surface area contributed by atoms with Crippen molar-refractivity contribution in [1.82, 2.24) is 19.7 Å². The molecule has 3 unspecified atom stereocenters. The SMILES string of the molecule is Cc1nnc(C(C)C)n1C1CC2CCC(C1)N2CCC(N)c1ccc(NC(=O)OC(C)(C)C)cc1. The van der Waals surface area contributed by atoms with E-state index < -0.39 is 11.7 Å². The fraction of sp³-hybridized carbons (Fsp3) is 0.667. The van der Waals surface area contributed by atoms with Crippen LogP contribution in [0.3, 0.4) is 0 Å². The normalized spacial score (nSPS) is 23.5. The number of amides is 1. The molecule has 3 atom stereocenters. The maximum Gasteiger partial charge on any atom is 0.412 e. The number of carbonyl (C=O) groups is 1. The lowest BCUT2D eigenvalue weighted by Gasteiger charge is -2.40. The van der Waals surface area contributed by atoms with E-state index in [0.717, 1.165) is 43.0 Å². The zero-order valence-electron chi connectivity index (χ0n) is 22.1. The van der Waals surface area contributed by atoms with Crippen molar-refractivity contribution in [2.45, 2.75) is 109 Å². The third-order valence-corrected chi connectivity index (χ3v) is 7.32. The Morgan fingerprint density at radius 2 is 1.74 bits per heavy atom. The first-order valence-corrected chi connectivity index (χ1v) is 13.0. The summed E-state index contributed by atoms with van der Waals surface area (Å²) >= 11 is 0. The number of hydrogen-bond acceptors (Lipinski definition) is 6. The molecule has 192 valence electrons. The van der Waals surface area contributed by atoms with Gasteiger partial charge in [0.25, 0.3) is 0 Å². The van der Waals surface area contributed by atoms with E-state index in [9.17, 15) is 4.79 Å². The van der Waals surface area contributed by atoms with Crippen LogP contribution in [0.15, 0.2) is 24.3 Å².